The van der Waals surface area contributed by atoms with Crippen LogP contribution >= 0.6 is 0 Å². The Bertz CT molecular complexity index is 916. The van der Waals surface area contributed by atoms with Crippen molar-refractivity contribution in [2.45, 2.75) is 19.9 Å². The zero-order chi connectivity index (χ0) is 19.6. The Morgan fingerprint density at radius 1 is 1.30 bits per heavy atom. The SMILES string of the molecule is COc1ccc(-c2c(C)nn(C)c2NC(=O)N(C)[C@@H](C)c2ccon2)cc1. The van der Waals surface area contributed by atoms with Crippen LogP contribution in [-0.2, 0) is 7.05 Å². The predicted molar refractivity (Wildman–Crippen MR) is 102 cm³/mol. The number of aryl methyl sites for hydroxylation is 2. The van der Waals surface area contributed by atoms with Gasteiger partial charge in [0.1, 0.15) is 23.5 Å². The van der Waals surface area contributed by atoms with Crippen molar-refractivity contribution in [1.82, 2.24) is 19.8 Å². The fourth-order valence-corrected chi connectivity index (χ4v) is 2.91. The summed E-state index contributed by atoms with van der Waals surface area (Å²) in [6.45, 7) is 3.80. The molecule has 0 aliphatic carbocycles. The molecular formula is C19H23N5O3. The molecule has 1 N–H and O–H groups in total. The number of rotatable bonds is 5. The lowest BCUT2D eigenvalue weighted by Crippen LogP contribution is -2.34. The summed E-state index contributed by atoms with van der Waals surface area (Å²) in [5.74, 6) is 1.40. The van der Waals surface area contributed by atoms with E-state index in [9.17, 15) is 4.79 Å². The molecule has 1 atom stereocenters. The van der Waals surface area contributed by atoms with Crippen LogP contribution in [0.15, 0.2) is 41.1 Å². The molecule has 8 nitrogen and oxygen atoms in total. The minimum atomic E-state index is -0.261. The lowest BCUT2D eigenvalue weighted by atomic mass is 10.1. The number of nitrogens with zero attached hydrogens (tertiary/aromatic N) is 4. The number of anilines is 1. The molecule has 8 heteroatoms. The molecular weight excluding hydrogens is 346 g/mol. The van der Waals surface area contributed by atoms with Gasteiger partial charge in [-0.2, -0.15) is 5.10 Å². The van der Waals surface area contributed by atoms with Crippen molar-refractivity contribution >= 4 is 11.8 Å². The summed E-state index contributed by atoms with van der Waals surface area (Å²) in [6, 6.07) is 8.90. The second-order valence-electron chi connectivity index (χ2n) is 6.30. The van der Waals surface area contributed by atoms with Gasteiger partial charge in [-0.3, -0.25) is 10.00 Å². The molecule has 142 valence electrons. The fraction of sp³-hybridized carbons (Fsp3) is 0.316. The quantitative estimate of drug-likeness (QED) is 0.742. The summed E-state index contributed by atoms with van der Waals surface area (Å²) < 4.78 is 11.8. The van der Waals surface area contributed by atoms with Crippen molar-refractivity contribution in [2.24, 2.45) is 7.05 Å². The van der Waals surface area contributed by atoms with Crippen molar-refractivity contribution < 1.29 is 14.1 Å². The topological polar surface area (TPSA) is 85.4 Å². The lowest BCUT2D eigenvalue weighted by Gasteiger charge is -2.23. The number of hydrogen-bond acceptors (Lipinski definition) is 5. The average Bonchev–Trinajstić information content (AvgIpc) is 3.29. The van der Waals surface area contributed by atoms with Crippen molar-refractivity contribution in [3.05, 3.63) is 48.0 Å². The predicted octanol–water partition coefficient (Wildman–Crippen LogP) is 3.62. The van der Waals surface area contributed by atoms with Crippen LogP contribution in [0.4, 0.5) is 10.6 Å². The van der Waals surface area contributed by atoms with E-state index in [1.165, 1.54) is 6.26 Å². The molecule has 0 bridgehead atoms. The summed E-state index contributed by atoms with van der Waals surface area (Å²) in [5.41, 5.74) is 3.33. The molecule has 0 unspecified atom stereocenters. The Morgan fingerprint density at radius 2 is 2.00 bits per heavy atom. The fourth-order valence-electron chi connectivity index (χ4n) is 2.91. The maximum atomic E-state index is 12.8. The van der Waals surface area contributed by atoms with Gasteiger partial charge in [-0.25, -0.2) is 4.79 Å². The number of benzene rings is 1. The molecule has 3 rings (SSSR count). The van der Waals surface area contributed by atoms with E-state index < -0.39 is 0 Å². The second-order valence-corrected chi connectivity index (χ2v) is 6.30. The van der Waals surface area contributed by atoms with Gasteiger partial charge in [0.15, 0.2) is 0 Å². The van der Waals surface area contributed by atoms with E-state index in [1.807, 2.05) is 38.1 Å². The highest BCUT2D eigenvalue weighted by molar-refractivity contribution is 5.94. The van der Waals surface area contributed by atoms with Gasteiger partial charge in [-0.05, 0) is 31.5 Å². The number of hydrogen-bond donors (Lipinski definition) is 1. The van der Waals surface area contributed by atoms with Gasteiger partial charge in [0, 0.05) is 25.7 Å². The van der Waals surface area contributed by atoms with Gasteiger partial charge >= 0.3 is 6.03 Å². The first-order valence-corrected chi connectivity index (χ1v) is 8.54. The number of aromatic nitrogens is 3. The summed E-state index contributed by atoms with van der Waals surface area (Å²) >= 11 is 0. The molecule has 27 heavy (non-hydrogen) atoms. The van der Waals surface area contributed by atoms with Crippen LogP contribution in [0.25, 0.3) is 11.1 Å². The largest absolute Gasteiger partial charge is 0.497 e. The summed E-state index contributed by atoms with van der Waals surface area (Å²) in [4.78, 5) is 14.4. The third-order valence-corrected chi connectivity index (χ3v) is 4.61. The number of carbonyl (C=O) groups excluding carboxylic acids is 1. The van der Waals surface area contributed by atoms with Crippen molar-refractivity contribution in [2.75, 3.05) is 19.5 Å². The van der Waals surface area contributed by atoms with Crippen molar-refractivity contribution in [1.29, 1.82) is 0 Å². The zero-order valence-corrected chi connectivity index (χ0v) is 16.1. The van der Waals surface area contributed by atoms with E-state index >= 15 is 0 Å². The Hall–Kier alpha value is -3.29. The van der Waals surface area contributed by atoms with E-state index in [0.717, 1.165) is 22.6 Å². The van der Waals surface area contributed by atoms with Gasteiger partial charge in [-0.1, -0.05) is 17.3 Å². The van der Waals surface area contributed by atoms with Gasteiger partial charge in [0.05, 0.1) is 18.8 Å². The van der Waals surface area contributed by atoms with Crippen LogP contribution in [0.1, 0.15) is 24.4 Å². The average molecular weight is 369 g/mol. The van der Waals surface area contributed by atoms with Crippen LogP contribution in [0, 0.1) is 6.92 Å². The minimum absolute atomic E-state index is 0.234. The maximum Gasteiger partial charge on any atom is 0.323 e. The molecule has 0 saturated carbocycles. The third-order valence-electron chi connectivity index (χ3n) is 4.61. The zero-order valence-electron chi connectivity index (χ0n) is 16.1. The molecule has 0 saturated heterocycles. The number of amides is 2. The second kappa shape index (κ2) is 7.53. The van der Waals surface area contributed by atoms with Crippen LogP contribution < -0.4 is 10.1 Å². The first-order valence-electron chi connectivity index (χ1n) is 8.54. The van der Waals surface area contributed by atoms with Crippen molar-refractivity contribution in [3.63, 3.8) is 0 Å². The van der Waals surface area contributed by atoms with E-state index in [1.54, 1.807) is 36.9 Å². The summed E-state index contributed by atoms with van der Waals surface area (Å²) in [7, 11) is 5.14. The van der Waals surface area contributed by atoms with Crippen molar-refractivity contribution in [3.8, 4) is 16.9 Å². The smallest absolute Gasteiger partial charge is 0.323 e. The molecule has 3 aromatic rings. The van der Waals surface area contributed by atoms with Gasteiger partial charge < -0.3 is 14.2 Å². The van der Waals surface area contributed by atoms with Crippen LogP contribution in [0.5, 0.6) is 5.75 Å². The van der Waals surface area contributed by atoms with E-state index in [2.05, 4.69) is 15.6 Å². The number of nitrogens with one attached hydrogen (secondary N) is 1. The molecule has 1 aromatic carbocycles. The molecule has 0 spiro atoms. The highest BCUT2D eigenvalue weighted by Crippen LogP contribution is 2.32. The molecule has 0 fully saturated rings. The first-order chi connectivity index (χ1) is 12.9. The molecule has 0 aliphatic heterocycles. The van der Waals surface area contributed by atoms with Crippen LogP contribution in [0.2, 0.25) is 0 Å². The normalized spacial score (nSPS) is 11.9. The molecule has 2 aromatic heterocycles. The standard InChI is InChI=1S/C19H23N5O3/c1-12-17(14-6-8-15(26-5)9-7-14)18(24(4)21-12)20-19(25)23(3)13(2)16-10-11-27-22-16/h6-11,13H,1-5H3,(H,20,25)/t13-/m0/s1. The molecule has 2 heterocycles. The van der Waals surface area contributed by atoms with Crippen LogP contribution in [0.3, 0.4) is 0 Å². The number of methoxy groups -OCH3 is 1. The van der Waals surface area contributed by atoms with E-state index in [-0.39, 0.29) is 12.1 Å². The summed E-state index contributed by atoms with van der Waals surface area (Å²) in [5, 5.41) is 11.3. The monoisotopic (exact) mass is 369 g/mol. The third kappa shape index (κ3) is 3.64. The summed E-state index contributed by atoms with van der Waals surface area (Å²) in [6.07, 6.45) is 1.49. The molecule has 0 radical (unpaired) electrons. The first kappa shape index (κ1) is 18.5. The minimum Gasteiger partial charge on any atom is -0.497 e. The van der Waals surface area contributed by atoms with Gasteiger partial charge in [0.2, 0.25) is 0 Å². The lowest BCUT2D eigenvalue weighted by molar-refractivity contribution is 0.205. The Morgan fingerprint density at radius 3 is 2.59 bits per heavy atom. The van der Waals surface area contributed by atoms with Crippen LogP contribution in [-0.4, -0.2) is 40.0 Å². The Balaban J connectivity index is 1.87. The Labute approximate surface area is 157 Å². The molecule has 0 aliphatic rings. The van der Waals surface area contributed by atoms with Gasteiger partial charge in [0.25, 0.3) is 0 Å². The van der Waals surface area contributed by atoms with E-state index in [0.29, 0.717) is 11.5 Å². The molecule has 2 amide bonds. The highest BCUT2D eigenvalue weighted by atomic mass is 16.5. The number of ether oxygens (including phenoxy) is 1. The Kier molecular flexibility index (Phi) is 5.16. The van der Waals surface area contributed by atoms with E-state index in [4.69, 9.17) is 9.26 Å². The van der Waals surface area contributed by atoms with Gasteiger partial charge in [-0.15, -0.1) is 0 Å². The number of urea groups is 1. The maximum absolute atomic E-state index is 12.8. The number of carbonyl (C=O) groups is 1. The highest BCUT2D eigenvalue weighted by Gasteiger charge is 2.23.